The minimum atomic E-state index is -2.47. The van der Waals surface area contributed by atoms with Crippen LogP contribution in [-0.4, -0.2) is 79.9 Å². The van der Waals surface area contributed by atoms with Crippen LogP contribution < -0.4 is 20.2 Å². The van der Waals surface area contributed by atoms with E-state index < -0.39 is 20.7 Å². The third kappa shape index (κ3) is 6.25. The average Bonchev–Trinajstić information content (AvgIpc) is 3.26. The molecule has 210 valence electrons. The highest BCUT2D eigenvalue weighted by Crippen LogP contribution is 2.31. The lowest BCUT2D eigenvalue weighted by molar-refractivity contribution is -0.120. The number of carbonyl (C=O) groups excluding carboxylic acids is 2. The van der Waals surface area contributed by atoms with Gasteiger partial charge in [-0.15, -0.1) is 0 Å². The van der Waals surface area contributed by atoms with E-state index in [2.05, 4.69) is 20.3 Å². The van der Waals surface area contributed by atoms with E-state index in [1.165, 1.54) is 30.3 Å². The van der Waals surface area contributed by atoms with E-state index in [-0.39, 0.29) is 31.3 Å². The summed E-state index contributed by atoms with van der Waals surface area (Å²) in [5.74, 6) is -0.502. The van der Waals surface area contributed by atoms with Gasteiger partial charge in [0.2, 0.25) is 11.9 Å². The molecule has 3 N–H and O–H groups in total. The number of rotatable bonds is 9. The molecule has 3 aromatic rings. The van der Waals surface area contributed by atoms with Gasteiger partial charge in [0.1, 0.15) is 11.6 Å². The van der Waals surface area contributed by atoms with Gasteiger partial charge in [0.05, 0.1) is 36.8 Å². The van der Waals surface area contributed by atoms with E-state index in [9.17, 15) is 19.1 Å². The van der Waals surface area contributed by atoms with Gasteiger partial charge in [0, 0.05) is 43.0 Å². The first-order chi connectivity index (χ1) is 19.3. The molecule has 0 aliphatic carbocycles. The molecule has 0 spiro atoms. The Morgan fingerprint density at radius 3 is 2.83 bits per heavy atom. The predicted octanol–water partition coefficient (Wildman–Crippen LogP) is 1.77. The second-order valence-electron chi connectivity index (χ2n) is 9.68. The molecule has 0 saturated carbocycles. The fraction of sp³-hybridized carbons (Fsp3) is 0.333. The van der Waals surface area contributed by atoms with Crippen LogP contribution in [0.25, 0.3) is 11.3 Å². The van der Waals surface area contributed by atoms with Crippen molar-refractivity contribution in [1.82, 2.24) is 19.9 Å². The lowest BCUT2D eigenvalue weighted by Gasteiger charge is -2.23. The van der Waals surface area contributed by atoms with Gasteiger partial charge in [-0.05, 0) is 41.8 Å². The maximum atomic E-state index is 14.0. The standard InChI is InChI=1S/C27H29ClFN5O5Si/c1-38-20-9-18(29)10-21(11-20)40(15-35)33-24(36)14-34-13-17-3-2-16(8-22(17)26(34)37)25-23(28)12-30-27(32-25)31-19-4-6-39-7-5-19/h2-3,8-12,19,35,40H,4-7,13-15H2,1H3,(H,33,36)(H,30,31,32). The maximum Gasteiger partial charge on any atom is 0.254 e. The molecule has 1 saturated heterocycles. The van der Waals surface area contributed by atoms with E-state index in [0.29, 0.717) is 51.9 Å². The highest BCUT2D eigenvalue weighted by Gasteiger charge is 2.30. The van der Waals surface area contributed by atoms with Crippen LogP contribution in [0.3, 0.4) is 0 Å². The van der Waals surface area contributed by atoms with Crippen LogP contribution in [0.4, 0.5) is 10.3 Å². The summed E-state index contributed by atoms with van der Waals surface area (Å²) in [6, 6.07) is 9.70. The number of aromatic nitrogens is 2. The second kappa shape index (κ2) is 12.3. The van der Waals surface area contributed by atoms with Crippen LogP contribution in [0.1, 0.15) is 28.8 Å². The van der Waals surface area contributed by atoms with Crippen molar-refractivity contribution in [1.29, 1.82) is 0 Å². The Kier molecular flexibility index (Phi) is 8.59. The van der Waals surface area contributed by atoms with Crippen LogP contribution in [0, 0.1) is 5.82 Å². The fourth-order valence-corrected chi connectivity index (χ4v) is 6.73. The fourth-order valence-electron chi connectivity index (χ4n) is 4.85. The minimum absolute atomic E-state index is 0.202. The number of methoxy groups -OCH3 is 1. The zero-order chi connectivity index (χ0) is 28.2. The second-order valence-corrected chi connectivity index (χ2v) is 12.5. The maximum absolute atomic E-state index is 14.0. The van der Waals surface area contributed by atoms with E-state index in [4.69, 9.17) is 21.1 Å². The predicted molar refractivity (Wildman–Crippen MR) is 150 cm³/mol. The number of aliphatic hydroxyl groups excluding tert-OH is 1. The van der Waals surface area contributed by atoms with E-state index in [1.54, 1.807) is 12.1 Å². The minimum Gasteiger partial charge on any atom is -0.497 e. The molecule has 2 aliphatic heterocycles. The van der Waals surface area contributed by atoms with Gasteiger partial charge in [-0.25, -0.2) is 14.4 Å². The Bertz CT molecular complexity index is 1420. The molecule has 2 amide bonds. The van der Waals surface area contributed by atoms with E-state index in [0.717, 1.165) is 18.4 Å². The van der Waals surface area contributed by atoms with E-state index in [1.807, 2.05) is 12.1 Å². The quantitative estimate of drug-likeness (QED) is 0.325. The summed E-state index contributed by atoms with van der Waals surface area (Å²) in [5, 5.41) is 14.1. The number of nitrogens with one attached hydrogen (secondary N) is 2. The number of nitrogens with zero attached hydrogens (tertiary/aromatic N) is 3. The number of hydrogen-bond acceptors (Lipinski definition) is 8. The first-order valence-electron chi connectivity index (χ1n) is 12.9. The molecule has 13 heteroatoms. The van der Waals surface area contributed by atoms with Crippen LogP contribution in [-0.2, 0) is 16.1 Å². The molecule has 0 bridgehead atoms. The lowest BCUT2D eigenvalue weighted by Crippen LogP contribution is -2.53. The number of halogens is 2. The van der Waals surface area contributed by atoms with Crippen LogP contribution in [0.2, 0.25) is 5.02 Å². The highest BCUT2D eigenvalue weighted by molar-refractivity contribution is 6.73. The Balaban J connectivity index is 1.27. The summed E-state index contributed by atoms with van der Waals surface area (Å²) in [7, 11) is -1.06. The van der Waals surface area contributed by atoms with Crippen LogP contribution >= 0.6 is 11.6 Å². The van der Waals surface area contributed by atoms with Crippen molar-refractivity contribution in [2.24, 2.45) is 0 Å². The van der Waals surface area contributed by atoms with Gasteiger partial charge in [-0.2, -0.15) is 0 Å². The van der Waals surface area contributed by atoms with Gasteiger partial charge in [-0.3, -0.25) is 9.59 Å². The summed E-state index contributed by atoms with van der Waals surface area (Å²) < 4.78 is 24.5. The summed E-state index contributed by atoms with van der Waals surface area (Å²) in [5.41, 5.74) is 2.40. The molecular formula is C27H29ClFN5O5Si. The van der Waals surface area contributed by atoms with Crippen molar-refractivity contribution in [3.8, 4) is 17.0 Å². The lowest BCUT2D eigenvalue weighted by atomic mass is 10.0. The van der Waals surface area contributed by atoms with Crippen LogP contribution in [0.5, 0.6) is 5.75 Å². The molecule has 1 aromatic heterocycles. The smallest absolute Gasteiger partial charge is 0.254 e. The normalized spacial score (nSPS) is 16.0. The molecule has 2 aliphatic rings. The molecule has 3 heterocycles. The van der Waals surface area contributed by atoms with Gasteiger partial charge >= 0.3 is 0 Å². The van der Waals surface area contributed by atoms with Gasteiger partial charge in [0.15, 0.2) is 8.96 Å². The first kappa shape index (κ1) is 28.0. The monoisotopic (exact) mass is 585 g/mol. The van der Waals surface area contributed by atoms with Crippen molar-refractivity contribution in [2.75, 3.05) is 38.4 Å². The number of anilines is 1. The topological polar surface area (TPSA) is 126 Å². The van der Waals surface area contributed by atoms with Crippen LogP contribution in [0.15, 0.2) is 42.6 Å². The summed E-state index contributed by atoms with van der Waals surface area (Å²) in [4.78, 5) is 39.2. The van der Waals surface area contributed by atoms with Gasteiger partial charge in [0.25, 0.3) is 5.91 Å². The molecule has 1 atom stereocenters. The molecule has 10 nitrogen and oxygen atoms in total. The molecule has 2 aromatic carbocycles. The number of ether oxygens (including phenoxy) is 2. The summed E-state index contributed by atoms with van der Waals surface area (Å²) in [6.07, 6.45) is 2.93. The van der Waals surface area contributed by atoms with Gasteiger partial charge in [-0.1, -0.05) is 23.7 Å². The van der Waals surface area contributed by atoms with Crippen molar-refractivity contribution < 1.29 is 28.6 Å². The average molecular weight is 586 g/mol. The Labute approximate surface area is 237 Å². The number of benzene rings is 2. The largest absolute Gasteiger partial charge is 0.497 e. The summed E-state index contributed by atoms with van der Waals surface area (Å²) in [6.45, 7) is 1.42. The van der Waals surface area contributed by atoms with Crippen molar-refractivity contribution in [3.63, 3.8) is 0 Å². The molecule has 0 radical (unpaired) electrons. The zero-order valence-corrected chi connectivity index (χ0v) is 23.7. The first-order valence-corrected chi connectivity index (χ1v) is 15.2. The molecule has 1 fully saturated rings. The number of amides is 2. The molecule has 1 unspecified atom stereocenters. The van der Waals surface area contributed by atoms with Crippen molar-refractivity contribution >= 4 is 43.5 Å². The van der Waals surface area contributed by atoms with Crippen molar-refractivity contribution in [2.45, 2.75) is 25.4 Å². The molecule has 5 rings (SSSR count). The van der Waals surface area contributed by atoms with Gasteiger partial charge < -0.3 is 29.8 Å². The number of fused-ring (bicyclic) bond motifs is 1. The Hall–Kier alpha value is -3.58. The van der Waals surface area contributed by atoms with E-state index >= 15 is 0 Å². The zero-order valence-electron chi connectivity index (χ0n) is 21.8. The third-order valence-electron chi connectivity index (χ3n) is 6.94. The molecule has 40 heavy (non-hydrogen) atoms. The van der Waals surface area contributed by atoms with Crippen molar-refractivity contribution in [3.05, 3.63) is 64.6 Å². The Morgan fingerprint density at radius 2 is 2.08 bits per heavy atom. The highest BCUT2D eigenvalue weighted by atomic mass is 35.5. The number of hydrogen-bond donors (Lipinski definition) is 3. The Morgan fingerprint density at radius 1 is 1.27 bits per heavy atom. The molecular weight excluding hydrogens is 557 g/mol. The third-order valence-corrected chi connectivity index (χ3v) is 9.39. The number of aliphatic hydroxyl groups is 1. The number of carbonyl (C=O) groups is 2. The SMILES string of the molecule is COc1cc(F)cc([SiH](CO)NC(=O)CN2Cc3ccc(-c4nc(NC5CCOCC5)ncc4Cl)cc3C2=O)c1. The summed E-state index contributed by atoms with van der Waals surface area (Å²) >= 11 is 6.43.